The molecule has 0 saturated heterocycles. The van der Waals surface area contributed by atoms with Gasteiger partial charge in [-0.3, -0.25) is 0 Å². The number of allylic oxidation sites excluding steroid dienone is 1. The highest BCUT2D eigenvalue weighted by molar-refractivity contribution is 6.30. The molecule has 94 valence electrons. The van der Waals surface area contributed by atoms with Crippen LogP contribution in [0.2, 0.25) is 5.02 Å². The molecule has 0 saturated carbocycles. The van der Waals surface area contributed by atoms with E-state index in [9.17, 15) is 5.11 Å². The van der Waals surface area contributed by atoms with Gasteiger partial charge in [-0.25, -0.2) is 0 Å². The van der Waals surface area contributed by atoms with Crippen molar-refractivity contribution in [3.8, 4) is 0 Å². The summed E-state index contributed by atoms with van der Waals surface area (Å²) < 4.78 is 0. The van der Waals surface area contributed by atoms with E-state index < -0.39 is 6.10 Å². The molecule has 1 aromatic carbocycles. The number of benzene rings is 1. The van der Waals surface area contributed by atoms with Crippen LogP contribution >= 0.6 is 11.6 Å². The monoisotopic (exact) mass is 252 g/mol. The Morgan fingerprint density at radius 1 is 1.29 bits per heavy atom. The second-order valence-corrected chi connectivity index (χ2v) is 5.38. The molecule has 0 radical (unpaired) electrons. The molecule has 0 aromatic heterocycles. The highest BCUT2D eigenvalue weighted by atomic mass is 35.5. The standard InChI is InChI=1S/C15H21ClO/c1-11(2)4-5-12(3)10-15(17)13-6-8-14(16)9-7-13/h6-11,15,17H,4-5H2,1-3H3/b12-10+/t15-/m0/s1. The van der Waals surface area contributed by atoms with Crippen molar-refractivity contribution in [2.75, 3.05) is 0 Å². The zero-order chi connectivity index (χ0) is 12.8. The summed E-state index contributed by atoms with van der Waals surface area (Å²) in [5.41, 5.74) is 2.12. The number of aliphatic hydroxyl groups excluding tert-OH is 1. The Labute approximate surface area is 109 Å². The summed E-state index contributed by atoms with van der Waals surface area (Å²) in [7, 11) is 0. The number of rotatable bonds is 5. The lowest BCUT2D eigenvalue weighted by Gasteiger charge is -2.09. The quantitative estimate of drug-likeness (QED) is 0.750. The van der Waals surface area contributed by atoms with Gasteiger partial charge in [0.15, 0.2) is 0 Å². The van der Waals surface area contributed by atoms with Gasteiger partial charge < -0.3 is 5.11 Å². The Morgan fingerprint density at radius 2 is 1.88 bits per heavy atom. The molecule has 0 spiro atoms. The first-order chi connectivity index (χ1) is 7.99. The van der Waals surface area contributed by atoms with Crippen molar-refractivity contribution in [1.82, 2.24) is 0 Å². The van der Waals surface area contributed by atoms with Crippen molar-refractivity contribution in [2.45, 2.75) is 39.7 Å². The van der Waals surface area contributed by atoms with Crippen LogP contribution in [0.3, 0.4) is 0 Å². The highest BCUT2D eigenvalue weighted by Gasteiger charge is 2.05. The maximum Gasteiger partial charge on any atom is 0.0974 e. The van der Waals surface area contributed by atoms with E-state index in [0.29, 0.717) is 10.9 Å². The molecule has 1 atom stereocenters. The molecule has 1 rings (SSSR count). The molecule has 0 heterocycles. The fourth-order valence-electron chi connectivity index (χ4n) is 1.63. The predicted octanol–water partition coefficient (Wildman–Crippen LogP) is 4.76. The van der Waals surface area contributed by atoms with Gasteiger partial charge in [0.1, 0.15) is 0 Å². The average molecular weight is 253 g/mol. The van der Waals surface area contributed by atoms with Crippen LogP contribution in [-0.2, 0) is 0 Å². The molecule has 0 aliphatic heterocycles. The molecule has 1 aromatic rings. The van der Waals surface area contributed by atoms with Gasteiger partial charge in [-0.05, 0) is 43.4 Å². The van der Waals surface area contributed by atoms with Crippen LogP contribution in [0.4, 0.5) is 0 Å². The van der Waals surface area contributed by atoms with Gasteiger partial charge in [-0.2, -0.15) is 0 Å². The van der Waals surface area contributed by atoms with Crippen molar-refractivity contribution in [3.05, 3.63) is 46.5 Å². The normalized spacial score (nSPS) is 14.1. The van der Waals surface area contributed by atoms with E-state index >= 15 is 0 Å². The van der Waals surface area contributed by atoms with Gasteiger partial charge in [0.2, 0.25) is 0 Å². The van der Waals surface area contributed by atoms with E-state index in [1.54, 1.807) is 12.1 Å². The highest BCUT2D eigenvalue weighted by Crippen LogP contribution is 2.20. The third-order valence-electron chi connectivity index (χ3n) is 2.77. The smallest absolute Gasteiger partial charge is 0.0974 e. The molecule has 1 nitrogen and oxygen atoms in total. The predicted molar refractivity (Wildman–Crippen MR) is 74.2 cm³/mol. The maximum absolute atomic E-state index is 10.0. The minimum atomic E-state index is -0.528. The van der Waals surface area contributed by atoms with E-state index in [1.807, 2.05) is 18.2 Å². The Kier molecular flexibility index (Phi) is 5.73. The summed E-state index contributed by atoms with van der Waals surface area (Å²) in [5, 5.41) is 10.7. The van der Waals surface area contributed by atoms with E-state index in [1.165, 1.54) is 5.57 Å². The maximum atomic E-state index is 10.0. The van der Waals surface area contributed by atoms with E-state index in [4.69, 9.17) is 11.6 Å². The summed E-state index contributed by atoms with van der Waals surface area (Å²) >= 11 is 5.81. The minimum absolute atomic E-state index is 0.528. The third kappa shape index (κ3) is 5.38. The van der Waals surface area contributed by atoms with E-state index in [2.05, 4.69) is 20.8 Å². The first-order valence-electron chi connectivity index (χ1n) is 6.10. The van der Waals surface area contributed by atoms with E-state index in [0.717, 1.165) is 18.4 Å². The summed E-state index contributed by atoms with van der Waals surface area (Å²) in [6, 6.07) is 7.33. The summed E-state index contributed by atoms with van der Waals surface area (Å²) in [6.07, 6.45) is 3.60. The summed E-state index contributed by atoms with van der Waals surface area (Å²) in [5.74, 6) is 0.700. The Balaban J connectivity index is 2.60. The Morgan fingerprint density at radius 3 is 2.41 bits per heavy atom. The SMILES string of the molecule is C/C(=C\[C@H](O)c1ccc(Cl)cc1)CCC(C)C. The lowest BCUT2D eigenvalue weighted by Crippen LogP contribution is -1.95. The second-order valence-electron chi connectivity index (χ2n) is 4.94. The molecule has 17 heavy (non-hydrogen) atoms. The Hall–Kier alpha value is -0.790. The Bertz CT molecular complexity index is 365. The van der Waals surface area contributed by atoms with Crippen LogP contribution in [0.15, 0.2) is 35.9 Å². The van der Waals surface area contributed by atoms with Crippen molar-refractivity contribution in [2.24, 2.45) is 5.92 Å². The molecule has 1 N–H and O–H groups in total. The van der Waals surface area contributed by atoms with Crippen molar-refractivity contribution in [1.29, 1.82) is 0 Å². The molecule has 0 bridgehead atoms. The van der Waals surface area contributed by atoms with Crippen molar-refractivity contribution >= 4 is 11.6 Å². The van der Waals surface area contributed by atoms with Crippen LogP contribution in [0.25, 0.3) is 0 Å². The van der Waals surface area contributed by atoms with Gasteiger partial charge in [0, 0.05) is 5.02 Å². The summed E-state index contributed by atoms with van der Waals surface area (Å²) in [6.45, 7) is 6.49. The second kappa shape index (κ2) is 6.83. The fraction of sp³-hybridized carbons (Fsp3) is 0.467. The largest absolute Gasteiger partial charge is 0.384 e. The zero-order valence-electron chi connectivity index (χ0n) is 10.8. The van der Waals surface area contributed by atoms with Crippen LogP contribution < -0.4 is 0 Å². The summed E-state index contributed by atoms with van der Waals surface area (Å²) in [4.78, 5) is 0. The van der Waals surface area contributed by atoms with Gasteiger partial charge in [0.25, 0.3) is 0 Å². The van der Waals surface area contributed by atoms with Crippen molar-refractivity contribution < 1.29 is 5.11 Å². The van der Waals surface area contributed by atoms with Gasteiger partial charge >= 0.3 is 0 Å². The van der Waals surface area contributed by atoms with Crippen LogP contribution in [0, 0.1) is 5.92 Å². The lowest BCUT2D eigenvalue weighted by atomic mass is 10.0. The topological polar surface area (TPSA) is 20.2 Å². The number of hydrogen-bond acceptors (Lipinski definition) is 1. The van der Waals surface area contributed by atoms with Crippen LogP contribution in [0.1, 0.15) is 45.3 Å². The molecule has 2 heteroatoms. The van der Waals surface area contributed by atoms with Gasteiger partial charge in [-0.1, -0.05) is 49.2 Å². The number of aliphatic hydroxyl groups is 1. The van der Waals surface area contributed by atoms with Crippen LogP contribution in [0.5, 0.6) is 0 Å². The number of halogens is 1. The minimum Gasteiger partial charge on any atom is -0.384 e. The molecule has 0 amide bonds. The van der Waals surface area contributed by atoms with Gasteiger partial charge in [-0.15, -0.1) is 0 Å². The van der Waals surface area contributed by atoms with Gasteiger partial charge in [0.05, 0.1) is 6.10 Å². The molecular formula is C15H21ClO. The van der Waals surface area contributed by atoms with E-state index in [-0.39, 0.29) is 0 Å². The zero-order valence-corrected chi connectivity index (χ0v) is 11.5. The lowest BCUT2D eigenvalue weighted by molar-refractivity contribution is 0.227. The molecule has 0 fully saturated rings. The van der Waals surface area contributed by atoms with Crippen LogP contribution in [-0.4, -0.2) is 5.11 Å². The molecule has 0 unspecified atom stereocenters. The van der Waals surface area contributed by atoms with Crippen molar-refractivity contribution in [3.63, 3.8) is 0 Å². The fourth-order valence-corrected chi connectivity index (χ4v) is 1.75. The molecule has 0 aliphatic carbocycles. The first-order valence-corrected chi connectivity index (χ1v) is 6.47. The molecule has 0 aliphatic rings. The number of hydrogen-bond donors (Lipinski definition) is 1. The first kappa shape index (κ1) is 14.3. The average Bonchev–Trinajstić information content (AvgIpc) is 2.27. The molecular weight excluding hydrogens is 232 g/mol. The third-order valence-corrected chi connectivity index (χ3v) is 3.02.